The van der Waals surface area contributed by atoms with E-state index in [9.17, 15) is 9.59 Å². The van der Waals surface area contributed by atoms with Gasteiger partial charge in [-0.2, -0.15) is 0 Å². The van der Waals surface area contributed by atoms with Gasteiger partial charge in [0, 0.05) is 19.6 Å². The summed E-state index contributed by atoms with van der Waals surface area (Å²) in [5.74, 6) is 0.381. The average molecular weight is 310 g/mol. The fourth-order valence-corrected chi connectivity index (χ4v) is 2.97. The van der Waals surface area contributed by atoms with Crippen LogP contribution in [0, 0.1) is 5.92 Å². The van der Waals surface area contributed by atoms with E-state index in [4.69, 9.17) is 4.74 Å². The molecule has 0 aliphatic carbocycles. The van der Waals surface area contributed by atoms with Crippen molar-refractivity contribution in [3.8, 4) is 0 Å². The standard InChI is InChI=1S/C15H22N2O3S/c1-15(2,3)20-14(19)16-9-11-6-7-17(10-11)13(18)12-5-4-8-21-12/h4-5,8,11H,6-7,9-10H2,1-3H3,(H,16,19)/t11-/m0/s1. The zero-order chi connectivity index (χ0) is 15.5. The van der Waals surface area contributed by atoms with E-state index in [2.05, 4.69) is 5.32 Å². The topological polar surface area (TPSA) is 58.6 Å². The Morgan fingerprint density at radius 3 is 2.86 bits per heavy atom. The average Bonchev–Trinajstić information content (AvgIpc) is 3.05. The number of thiophene rings is 1. The molecule has 1 aliphatic heterocycles. The number of hydrogen-bond donors (Lipinski definition) is 1. The second kappa shape index (κ2) is 6.47. The van der Waals surface area contributed by atoms with Gasteiger partial charge in [-0.15, -0.1) is 11.3 Å². The third-order valence-electron chi connectivity index (χ3n) is 3.24. The second-order valence-electron chi connectivity index (χ2n) is 6.27. The van der Waals surface area contributed by atoms with Crippen molar-refractivity contribution in [2.24, 2.45) is 5.92 Å². The molecule has 0 radical (unpaired) electrons. The van der Waals surface area contributed by atoms with E-state index in [1.54, 1.807) is 0 Å². The van der Waals surface area contributed by atoms with Gasteiger partial charge in [0.25, 0.3) is 5.91 Å². The second-order valence-corrected chi connectivity index (χ2v) is 7.21. The molecule has 1 aliphatic rings. The Kier molecular flexibility index (Phi) is 4.88. The van der Waals surface area contributed by atoms with Crippen LogP contribution in [0.4, 0.5) is 4.79 Å². The molecule has 2 rings (SSSR count). The first kappa shape index (κ1) is 15.8. The fraction of sp³-hybridized carbons (Fsp3) is 0.600. The van der Waals surface area contributed by atoms with Gasteiger partial charge in [0.05, 0.1) is 4.88 Å². The molecule has 0 aromatic carbocycles. The number of rotatable bonds is 3. The van der Waals surface area contributed by atoms with Crippen LogP contribution in [0.3, 0.4) is 0 Å². The largest absolute Gasteiger partial charge is 0.444 e. The van der Waals surface area contributed by atoms with Gasteiger partial charge in [0.1, 0.15) is 5.60 Å². The molecular formula is C15H22N2O3S. The van der Waals surface area contributed by atoms with Crippen LogP contribution in [0.15, 0.2) is 17.5 Å². The van der Waals surface area contributed by atoms with Crippen LogP contribution in [0.1, 0.15) is 36.9 Å². The van der Waals surface area contributed by atoms with Crippen LogP contribution in [0.25, 0.3) is 0 Å². The van der Waals surface area contributed by atoms with E-state index in [1.165, 1.54) is 11.3 Å². The molecule has 1 saturated heterocycles. The van der Waals surface area contributed by atoms with Gasteiger partial charge >= 0.3 is 6.09 Å². The summed E-state index contributed by atoms with van der Waals surface area (Å²) in [6, 6.07) is 3.73. The summed E-state index contributed by atoms with van der Waals surface area (Å²) in [6.45, 7) is 7.49. The molecule has 1 atom stereocenters. The first-order chi connectivity index (χ1) is 9.85. The first-order valence-electron chi connectivity index (χ1n) is 7.15. The van der Waals surface area contributed by atoms with E-state index >= 15 is 0 Å². The van der Waals surface area contributed by atoms with Crippen LogP contribution in [-0.4, -0.2) is 42.1 Å². The number of likely N-dealkylation sites (tertiary alicyclic amines) is 1. The van der Waals surface area contributed by atoms with Crippen molar-refractivity contribution in [1.29, 1.82) is 0 Å². The maximum Gasteiger partial charge on any atom is 0.407 e. The third kappa shape index (κ3) is 4.74. The monoisotopic (exact) mass is 310 g/mol. The lowest BCUT2D eigenvalue weighted by Gasteiger charge is -2.20. The molecular weight excluding hydrogens is 288 g/mol. The molecule has 116 valence electrons. The number of carbonyl (C=O) groups excluding carboxylic acids is 2. The van der Waals surface area contributed by atoms with E-state index in [-0.39, 0.29) is 5.91 Å². The number of carbonyl (C=O) groups is 2. The summed E-state index contributed by atoms with van der Waals surface area (Å²) in [5.41, 5.74) is -0.485. The van der Waals surface area contributed by atoms with E-state index in [1.807, 2.05) is 43.2 Å². The highest BCUT2D eigenvalue weighted by Gasteiger charge is 2.28. The van der Waals surface area contributed by atoms with Gasteiger partial charge in [-0.05, 0) is 44.6 Å². The molecule has 1 aromatic rings. The number of nitrogens with zero attached hydrogens (tertiary/aromatic N) is 1. The minimum atomic E-state index is -0.485. The van der Waals surface area contributed by atoms with E-state index in [0.717, 1.165) is 17.8 Å². The molecule has 0 unspecified atom stereocenters. The molecule has 2 heterocycles. The van der Waals surface area contributed by atoms with Crippen molar-refractivity contribution in [2.75, 3.05) is 19.6 Å². The number of ether oxygens (including phenoxy) is 1. The zero-order valence-electron chi connectivity index (χ0n) is 12.7. The molecule has 6 heteroatoms. The number of hydrogen-bond acceptors (Lipinski definition) is 4. The number of alkyl carbamates (subject to hydrolysis) is 1. The molecule has 0 spiro atoms. The molecule has 2 amide bonds. The lowest BCUT2D eigenvalue weighted by atomic mass is 10.1. The minimum absolute atomic E-state index is 0.0877. The maximum absolute atomic E-state index is 12.2. The third-order valence-corrected chi connectivity index (χ3v) is 4.10. The summed E-state index contributed by atoms with van der Waals surface area (Å²) in [5, 5.41) is 4.69. The summed E-state index contributed by atoms with van der Waals surface area (Å²) in [7, 11) is 0. The lowest BCUT2D eigenvalue weighted by molar-refractivity contribution is 0.0520. The van der Waals surface area contributed by atoms with Crippen molar-refractivity contribution in [2.45, 2.75) is 32.8 Å². The summed E-state index contributed by atoms with van der Waals surface area (Å²) in [6.07, 6.45) is 0.512. The fourth-order valence-electron chi connectivity index (χ4n) is 2.28. The van der Waals surface area contributed by atoms with Crippen molar-refractivity contribution < 1.29 is 14.3 Å². The van der Waals surface area contributed by atoms with Crippen LogP contribution < -0.4 is 5.32 Å². The summed E-state index contributed by atoms with van der Waals surface area (Å²) >= 11 is 1.46. The highest BCUT2D eigenvalue weighted by Crippen LogP contribution is 2.20. The molecule has 0 bridgehead atoms. The molecule has 1 aromatic heterocycles. The normalized spacial score (nSPS) is 18.6. The van der Waals surface area contributed by atoms with Crippen LogP contribution in [-0.2, 0) is 4.74 Å². The van der Waals surface area contributed by atoms with E-state index in [0.29, 0.717) is 19.0 Å². The van der Waals surface area contributed by atoms with Crippen molar-refractivity contribution in [3.63, 3.8) is 0 Å². The van der Waals surface area contributed by atoms with Gasteiger partial charge in [-0.1, -0.05) is 6.07 Å². The minimum Gasteiger partial charge on any atom is -0.444 e. The quantitative estimate of drug-likeness (QED) is 0.934. The van der Waals surface area contributed by atoms with Crippen molar-refractivity contribution in [1.82, 2.24) is 10.2 Å². The Balaban J connectivity index is 1.76. The highest BCUT2D eigenvalue weighted by molar-refractivity contribution is 7.12. The molecule has 1 fully saturated rings. The lowest BCUT2D eigenvalue weighted by Crippen LogP contribution is -2.36. The Bertz CT molecular complexity index is 494. The van der Waals surface area contributed by atoms with Gasteiger partial charge in [0.2, 0.25) is 0 Å². The van der Waals surface area contributed by atoms with Crippen molar-refractivity contribution in [3.05, 3.63) is 22.4 Å². The summed E-state index contributed by atoms with van der Waals surface area (Å²) in [4.78, 5) is 26.4. The van der Waals surface area contributed by atoms with Gasteiger partial charge < -0.3 is 15.0 Å². The highest BCUT2D eigenvalue weighted by atomic mass is 32.1. The van der Waals surface area contributed by atoms with E-state index < -0.39 is 11.7 Å². The van der Waals surface area contributed by atoms with Crippen LogP contribution in [0.2, 0.25) is 0 Å². The molecule has 1 N–H and O–H groups in total. The Morgan fingerprint density at radius 2 is 2.24 bits per heavy atom. The number of amides is 2. The summed E-state index contributed by atoms with van der Waals surface area (Å²) < 4.78 is 5.20. The van der Waals surface area contributed by atoms with Crippen molar-refractivity contribution >= 4 is 23.3 Å². The zero-order valence-corrected chi connectivity index (χ0v) is 13.5. The van der Waals surface area contributed by atoms with Gasteiger partial charge in [-0.25, -0.2) is 4.79 Å². The van der Waals surface area contributed by atoms with Crippen LogP contribution >= 0.6 is 11.3 Å². The Morgan fingerprint density at radius 1 is 1.48 bits per heavy atom. The molecule has 0 saturated carbocycles. The Hall–Kier alpha value is -1.56. The predicted octanol–water partition coefficient (Wildman–Crippen LogP) is 2.73. The van der Waals surface area contributed by atoms with Gasteiger partial charge in [0.15, 0.2) is 0 Å². The maximum atomic E-state index is 12.2. The first-order valence-corrected chi connectivity index (χ1v) is 8.03. The smallest absolute Gasteiger partial charge is 0.407 e. The Labute approximate surface area is 129 Å². The van der Waals surface area contributed by atoms with Crippen LogP contribution in [0.5, 0.6) is 0 Å². The predicted molar refractivity (Wildman–Crippen MR) is 82.6 cm³/mol. The SMILES string of the molecule is CC(C)(C)OC(=O)NC[C@@H]1CCN(C(=O)c2cccs2)C1. The van der Waals surface area contributed by atoms with Gasteiger partial charge in [-0.3, -0.25) is 4.79 Å². The molecule has 5 nitrogen and oxygen atoms in total. The number of nitrogens with one attached hydrogen (secondary N) is 1. The molecule has 21 heavy (non-hydrogen) atoms.